The van der Waals surface area contributed by atoms with E-state index in [1.165, 1.54) is 16.1 Å². The highest BCUT2D eigenvalue weighted by molar-refractivity contribution is 7.99. The minimum Gasteiger partial charge on any atom is -0.380 e. The first-order valence-corrected chi connectivity index (χ1v) is 7.70. The fourth-order valence-corrected chi connectivity index (χ4v) is 3.52. The molecule has 0 spiro atoms. The van der Waals surface area contributed by atoms with Crippen LogP contribution in [0.3, 0.4) is 0 Å². The van der Waals surface area contributed by atoms with Crippen LogP contribution in [-0.2, 0) is 5.41 Å². The van der Waals surface area contributed by atoms with Crippen molar-refractivity contribution in [3.8, 4) is 0 Å². The second-order valence-corrected chi connectivity index (χ2v) is 8.40. The summed E-state index contributed by atoms with van der Waals surface area (Å²) in [4.78, 5) is 1.41. The zero-order valence-electron chi connectivity index (χ0n) is 12.4. The lowest BCUT2D eigenvalue weighted by Crippen LogP contribution is -2.38. The van der Waals surface area contributed by atoms with E-state index in [4.69, 9.17) is 0 Å². The van der Waals surface area contributed by atoms with Gasteiger partial charge in [-0.15, -0.1) is 11.8 Å². The molecule has 0 fully saturated rings. The lowest BCUT2D eigenvalue weighted by Gasteiger charge is -2.36. The van der Waals surface area contributed by atoms with E-state index in [0.717, 1.165) is 5.75 Å². The molecule has 0 bridgehead atoms. The summed E-state index contributed by atoms with van der Waals surface area (Å²) in [6.07, 6.45) is 0. The largest absolute Gasteiger partial charge is 0.380 e. The third-order valence-corrected chi connectivity index (χ3v) is 4.78. The van der Waals surface area contributed by atoms with Crippen molar-refractivity contribution in [2.24, 2.45) is 5.41 Å². The average Bonchev–Trinajstić information content (AvgIpc) is 2.25. The fourth-order valence-electron chi connectivity index (χ4n) is 2.10. The molecule has 1 aromatic rings. The van der Waals surface area contributed by atoms with Crippen LogP contribution in [0.5, 0.6) is 0 Å². The second-order valence-electron chi connectivity index (χ2n) is 7.33. The predicted molar refractivity (Wildman–Crippen MR) is 82.7 cm³/mol. The Labute approximate surface area is 116 Å². The van der Waals surface area contributed by atoms with Gasteiger partial charge in [0, 0.05) is 22.4 Å². The summed E-state index contributed by atoms with van der Waals surface area (Å²) < 4.78 is 0. The molecule has 0 aliphatic carbocycles. The lowest BCUT2D eigenvalue weighted by atomic mass is 9.86. The molecule has 1 aromatic carbocycles. The Balaban J connectivity index is 2.27. The van der Waals surface area contributed by atoms with Gasteiger partial charge in [-0.1, -0.05) is 47.6 Å². The zero-order valence-corrected chi connectivity index (χ0v) is 13.2. The first-order chi connectivity index (χ1) is 8.18. The van der Waals surface area contributed by atoms with Crippen LogP contribution in [0.1, 0.15) is 47.1 Å². The molecule has 1 atom stereocenters. The van der Waals surface area contributed by atoms with Crippen molar-refractivity contribution in [2.45, 2.75) is 57.9 Å². The molecule has 18 heavy (non-hydrogen) atoms. The molecule has 0 radical (unpaired) electrons. The summed E-state index contributed by atoms with van der Waals surface area (Å²) in [6, 6.07) is 7.42. The van der Waals surface area contributed by atoms with Crippen molar-refractivity contribution in [2.75, 3.05) is 11.1 Å². The Hall–Kier alpha value is -0.630. The quantitative estimate of drug-likeness (QED) is 0.713. The van der Waals surface area contributed by atoms with Gasteiger partial charge in [0.25, 0.3) is 0 Å². The first kappa shape index (κ1) is 13.8. The number of nitrogens with one attached hydrogen (secondary N) is 1. The fraction of sp³-hybridized carbons (Fsp3) is 0.625. The van der Waals surface area contributed by atoms with E-state index in [9.17, 15) is 0 Å². The maximum Gasteiger partial charge on any atom is 0.0481 e. The molecule has 1 N–H and O–H groups in total. The minimum atomic E-state index is 0.233. The normalized spacial score (nSPS) is 20.2. The number of fused-ring (bicyclic) bond motifs is 1. The molecule has 1 heterocycles. The van der Waals surface area contributed by atoms with Gasteiger partial charge in [0.05, 0.1) is 0 Å². The molecule has 0 aromatic heterocycles. The highest BCUT2D eigenvalue weighted by Crippen LogP contribution is 2.40. The Morgan fingerprint density at radius 2 is 1.78 bits per heavy atom. The summed E-state index contributed by atoms with van der Waals surface area (Å²) in [7, 11) is 0. The van der Waals surface area contributed by atoms with Gasteiger partial charge in [-0.25, -0.2) is 0 Å². The maximum atomic E-state index is 3.69. The molecule has 2 heteroatoms. The van der Waals surface area contributed by atoms with E-state index in [0.29, 0.717) is 11.5 Å². The van der Waals surface area contributed by atoms with Crippen molar-refractivity contribution in [1.82, 2.24) is 0 Å². The topological polar surface area (TPSA) is 12.0 Å². The zero-order chi connectivity index (χ0) is 13.6. The van der Waals surface area contributed by atoms with Crippen LogP contribution in [0, 0.1) is 5.41 Å². The van der Waals surface area contributed by atoms with Crippen LogP contribution in [-0.4, -0.2) is 11.8 Å². The first-order valence-electron chi connectivity index (χ1n) is 6.72. The number of anilines is 1. The van der Waals surface area contributed by atoms with E-state index < -0.39 is 0 Å². The number of rotatable bonds is 0. The minimum absolute atomic E-state index is 0.233. The summed E-state index contributed by atoms with van der Waals surface area (Å²) >= 11 is 1.99. The molecule has 1 aliphatic rings. The molecule has 0 saturated heterocycles. The molecular formula is C16H25NS. The lowest BCUT2D eigenvalue weighted by molar-refractivity contribution is 0.361. The average molecular weight is 263 g/mol. The Morgan fingerprint density at radius 1 is 1.11 bits per heavy atom. The maximum absolute atomic E-state index is 3.69. The van der Waals surface area contributed by atoms with E-state index >= 15 is 0 Å². The molecule has 2 rings (SSSR count). The SMILES string of the molecule is CC(C)(C)c1ccc2c(c1)SCC(C(C)(C)C)N2. The monoisotopic (exact) mass is 263 g/mol. The van der Waals surface area contributed by atoms with Crippen molar-refractivity contribution >= 4 is 17.4 Å². The van der Waals surface area contributed by atoms with Gasteiger partial charge in [-0.05, 0) is 28.5 Å². The van der Waals surface area contributed by atoms with Crippen molar-refractivity contribution in [3.63, 3.8) is 0 Å². The molecule has 1 unspecified atom stereocenters. The molecule has 1 aliphatic heterocycles. The van der Waals surface area contributed by atoms with Crippen LogP contribution in [0.15, 0.2) is 23.1 Å². The highest BCUT2D eigenvalue weighted by atomic mass is 32.2. The van der Waals surface area contributed by atoms with E-state index in [2.05, 4.69) is 65.1 Å². The molecule has 1 nitrogen and oxygen atoms in total. The van der Waals surface area contributed by atoms with E-state index in [1.807, 2.05) is 11.8 Å². The van der Waals surface area contributed by atoms with E-state index in [-0.39, 0.29) is 5.41 Å². The predicted octanol–water partition coefficient (Wildman–Crippen LogP) is 4.92. The van der Waals surface area contributed by atoms with Crippen molar-refractivity contribution < 1.29 is 0 Å². The number of thioether (sulfide) groups is 1. The Morgan fingerprint density at radius 3 is 2.33 bits per heavy atom. The highest BCUT2D eigenvalue weighted by Gasteiger charge is 2.29. The Kier molecular flexibility index (Phi) is 3.44. The molecule has 0 amide bonds. The summed E-state index contributed by atoms with van der Waals surface area (Å²) in [6.45, 7) is 13.7. The van der Waals surface area contributed by atoms with Gasteiger partial charge >= 0.3 is 0 Å². The molecule has 0 saturated carbocycles. The van der Waals surface area contributed by atoms with Crippen molar-refractivity contribution in [3.05, 3.63) is 23.8 Å². The van der Waals surface area contributed by atoms with Gasteiger partial charge in [-0.3, -0.25) is 0 Å². The number of benzene rings is 1. The van der Waals surface area contributed by atoms with Gasteiger partial charge in [0.1, 0.15) is 0 Å². The molecule has 100 valence electrons. The van der Waals surface area contributed by atoms with Gasteiger partial charge in [0.15, 0.2) is 0 Å². The van der Waals surface area contributed by atoms with Crippen LogP contribution >= 0.6 is 11.8 Å². The summed E-state index contributed by atoms with van der Waals surface area (Å²) in [5, 5.41) is 3.69. The Bertz CT molecular complexity index is 437. The van der Waals surface area contributed by atoms with Gasteiger partial charge in [0.2, 0.25) is 0 Å². The van der Waals surface area contributed by atoms with Gasteiger partial charge in [-0.2, -0.15) is 0 Å². The van der Waals surface area contributed by atoms with Crippen LogP contribution in [0.25, 0.3) is 0 Å². The summed E-state index contributed by atoms with van der Waals surface area (Å²) in [5.41, 5.74) is 3.27. The van der Waals surface area contributed by atoms with Gasteiger partial charge < -0.3 is 5.32 Å². The third kappa shape index (κ3) is 2.85. The summed E-state index contributed by atoms with van der Waals surface area (Å²) in [5.74, 6) is 1.16. The third-order valence-electron chi connectivity index (χ3n) is 3.63. The molecular weight excluding hydrogens is 238 g/mol. The van der Waals surface area contributed by atoms with Crippen molar-refractivity contribution in [1.29, 1.82) is 0 Å². The van der Waals surface area contributed by atoms with E-state index in [1.54, 1.807) is 0 Å². The van der Waals surface area contributed by atoms with Crippen LogP contribution in [0.4, 0.5) is 5.69 Å². The van der Waals surface area contributed by atoms with Crippen LogP contribution in [0.2, 0.25) is 0 Å². The smallest absolute Gasteiger partial charge is 0.0481 e. The number of hydrogen-bond acceptors (Lipinski definition) is 2. The second kappa shape index (κ2) is 4.48. The number of hydrogen-bond donors (Lipinski definition) is 1. The van der Waals surface area contributed by atoms with Crippen LogP contribution < -0.4 is 5.32 Å². The standard InChI is InChI=1S/C16H25NS/c1-15(2,3)11-7-8-12-13(9-11)18-10-14(17-12)16(4,5)6/h7-9,14,17H,10H2,1-6H3.